The van der Waals surface area contributed by atoms with Gasteiger partial charge in [-0.1, -0.05) is 38.1 Å². The van der Waals surface area contributed by atoms with Crippen LogP contribution < -0.4 is 5.73 Å². The molecule has 0 bridgehead atoms. The van der Waals surface area contributed by atoms with Crippen LogP contribution in [0.4, 0.5) is 0 Å². The quantitative estimate of drug-likeness (QED) is 0.735. The maximum atomic E-state index is 9.44. The molecule has 0 aromatic heterocycles. The minimum atomic E-state index is -0.536. The second-order valence-corrected chi connectivity index (χ2v) is 5.24. The lowest BCUT2D eigenvalue weighted by Gasteiger charge is -2.42. The molecule has 82 valence electrons. The van der Waals surface area contributed by atoms with E-state index in [1.165, 1.54) is 5.56 Å². The molecule has 2 nitrogen and oxygen atoms in total. The molecule has 0 saturated heterocycles. The first-order valence-corrected chi connectivity index (χ1v) is 5.49. The zero-order valence-electron chi connectivity index (χ0n) is 9.46. The molecule has 3 N–H and O–H groups in total. The molecule has 0 fully saturated rings. The minimum Gasteiger partial charge on any atom is -0.394 e. The first kappa shape index (κ1) is 10.7. The van der Waals surface area contributed by atoms with Gasteiger partial charge in [0.05, 0.1) is 12.1 Å². The number of fused-ring (bicyclic) bond motifs is 1. The summed E-state index contributed by atoms with van der Waals surface area (Å²) in [5, 5.41) is 9.44. The Morgan fingerprint density at radius 1 is 1.20 bits per heavy atom. The van der Waals surface area contributed by atoms with Crippen LogP contribution in [0.2, 0.25) is 0 Å². The van der Waals surface area contributed by atoms with Gasteiger partial charge < -0.3 is 10.8 Å². The Bertz CT molecular complexity index is 373. The number of aliphatic hydroxyl groups is 1. The van der Waals surface area contributed by atoms with Crippen LogP contribution in [0.3, 0.4) is 0 Å². The van der Waals surface area contributed by atoms with Crippen LogP contribution in [-0.2, 0) is 11.0 Å². The standard InChI is InChI=1S/C13H19NO/c1-12(2)7-8-13(14,9-15)11-6-4-3-5-10(11)12/h3-6,15H,7-9,14H2,1-2H3. The van der Waals surface area contributed by atoms with Gasteiger partial charge in [0.15, 0.2) is 0 Å². The number of benzene rings is 1. The largest absolute Gasteiger partial charge is 0.394 e. The highest BCUT2D eigenvalue weighted by atomic mass is 16.3. The number of rotatable bonds is 1. The lowest BCUT2D eigenvalue weighted by molar-refractivity contribution is 0.164. The third-order valence-electron chi connectivity index (χ3n) is 3.67. The lowest BCUT2D eigenvalue weighted by Crippen LogP contribution is -2.47. The Morgan fingerprint density at radius 2 is 1.80 bits per heavy atom. The predicted molar refractivity (Wildman–Crippen MR) is 61.7 cm³/mol. The third kappa shape index (κ3) is 1.58. The molecule has 0 spiro atoms. The summed E-state index contributed by atoms with van der Waals surface area (Å²) in [6, 6.07) is 8.22. The van der Waals surface area contributed by atoms with Crippen molar-refractivity contribution in [3.8, 4) is 0 Å². The SMILES string of the molecule is CC1(C)CCC(N)(CO)c2ccccc21. The van der Waals surface area contributed by atoms with Crippen LogP contribution in [0.5, 0.6) is 0 Å². The Hall–Kier alpha value is -0.860. The van der Waals surface area contributed by atoms with Gasteiger partial charge in [-0.25, -0.2) is 0 Å². The molecule has 0 amide bonds. The lowest BCUT2D eigenvalue weighted by atomic mass is 9.66. The van der Waals surface area contributed by atoms with Crippen LogP contribution in [0.25, 0.3) is 0 Å². The van der Waals surface area contributed by atoms with E-state index in [-0.39, 0.29) is 12.0 Å². The summed E-state index contributed by atoms with van der Waals surface area (Å²) in [6.07, 6.45) is 1.88. The molecule has 1 unspecified atom stereocenters. The fourth-order valence-electron chi connectivity index (χ4n) is 2.48. The van der Waals surface area contributed by atoms with Crippen molar-refractivity contribution in [3.63, 3.8) is 0 Å². The summed E-state index contributed by atoms with van der Waals surface area (Å²) in [5.41, 5.74) is 8.28. The molecule has 0 saturated carbocycles. The highest BCUT2D eigenvalue weighted by Crippen LogP contribution is 2.43. The number of hydrogen-bond acceptors (Lipinski definition) is 2. The highest BCUT2D eigenvalue weighted by molar-refractivity contribution is 5.41. The average molecular weight is 205 g/mol. The number of nitrogens with two attached hydrogens (primary N) is 1. The average Bonchev–Trinajstić information content (AvgIpc) is 2.25. The maximum Gasteiger partial charge on any atom is 0.0653 e. The Balaban J connectivity index is 2.59. The second-order valence-electron chi connectivity index (χ2n) is 5.24. The number of hydrogen-bond donors (Lipinski definition) is 2. The van der Waals surface area contributed by atoms with E-state index in [9.17, 15) is 5.11 Å². The molecule has 0 radical (unpaired) electrons. The summed E-state index contributed by atoms with van der Waals surface area (Å²) in [6.45, 7) is 4.51. The summed E-state index contributed by atoms with van der Waals surface area (Å²) in [7, 11) is 0. The van der Waals surface area contributed by atoms with Crippen LogP contribution in [0.1, 0.15) is 37.8 Å². The Labute approximate surface area is 91.1 Å². The van der Waals surface area contributed by atoms with Crippen molar-refractivity contribution < 1.29 is 5.11 Å². The number of aliphatic hydroxyl groups excluding tert-OH is 1. The van der Waals surface area contributed by atoms with Crippen LogP contribution in [0.15, 0.2) is 24.3 Å². The first-order chi connectivity index (χ1) is 6.99. The summed E-state index contributed by atoms with van der Waals surface area (Å²) in [4.78, 5) is 0. The highest BCUT2D eigenvalue weighted by Gasteiger charge is 2.39. The molecule has 1 atom stereocenters. The fourth-order valence-corrected chi connectivity index (χ4v) is 2.48. The molecule has 1 aliphatic rings. The molecule has 2 rings (SSSR count). The van der Waals surface area contributed by atoms with Crippen molar-refractivity contribution in [1.82, 2.24) is 0 Å². The summed E-state index contributed by atoms with van der Waals surface area (Å²) < 4.78 is 0. The van der Waals surface area contributed by atoms with Gasteiger partial charge in [0.25, 0.3) is 0 Å². The second kappa shape index (κ2) is 3.32. The smallest absolute Gasteiger partial charge is 0.0653 e. The third-order valence-corrected chi connectivity index (χ3v) is 3.67. The zero-order valence-corrected chi connectivity index (χ0v) is 9.46. The van der Waals surface area contributed by atoms with Crippen LogP contribution in [-0.4, -0.2) is 11.7 Å². The van der Waals surface area contributed by atoms with Gasteiger partial charge in [-0.2, -0.15) is 0 Å². The summed E-state index contributed by atoms with van der Waals surface area (Å²) in [5.74, 6) is 0. The predicted octanol–water partition coefficient (Wildman–Crippen LogP) is 1.90. The normalized spacial score (nSPS) is 28.5. The molecule has 1 aromatic rings. The van der Waals surface area contributed by atoms with E-state index in [4.69, 9.17) is 5.73 Å². The maximum absolute atomic E-state index is 9.44. The molecular formula is C13H19NO. The molecule has 0 heterocycles. The molecule has 15 heavy (non-hydrogen) atoms. The van der Waals surface area contributed by atoms with Gasteiger partial charge in [-0.15, -0.1) is 0 Å². The van der Waals surface area contributed by atoms with Crippen LogP contribution in [0, 0.1) is 0 Å². The van der Waals surface area contributed by atoms with E-state index in [1.54, 1.807) is 0 Å². The van der Waals surface area contributed by atoms with Crippen molar-refractivity contribution in [3.05, 3.63) is 35.4 Å². The van der Waals surface area contributed by atoms with Crippen LogP contribution >= 0.6 is 0 Å². The molecule has 0 aliphatic heterocycles. The topological polar surface area (TPSA) is 46.2 Å². The Morgan fingerprint density at radius 3 is 2.40 bits per heavy atom. The van der Waals surface area contributed by atoms with E-state index in [0.717, 1.165) is 18.4 Å². The van der Waals surface area contributed by atoms with Gasteiger partial charge in [-0.3, -0.25) is 0 Å². The van der Waals surface area contributed by atoms with Gasteiger partial charge in [0.2, 0.25) is 0 Å². The Kier molecular flexibility index (Phi) is 2.36. The summed E-state index contributed by atoms with van der Waals surface area (Å²) >= 11 is 0. The van der Waals surface area contributed by atoms with E-state index >= 15 is 0 Å². The van der Waals surface area contributed by atoms with Crippen molar-refractivity contribution in [2.24, 2.45) is 5.73 Å². The van der Waals surface area contributed by atoms with E-state index in [1.807, 2.05) is 18.2 Å². The van der Waals surface area contributed by atoms with E-state index in [2.05, 4.69) is 19.9 Å². The first-order valence-electron chi connectivity index (χ1n) is 5.49. The molecule has 1 aromatic carbocycles. The van der Waals surface area contributed by atoms with Crippen molar-refractivity contribution in [1.29, 1.82) is 0 Å². The minimum absolute atomic E-state index is 0.0279. The van der Waals surface area contributed by atoms with Crippen molar-refractivity contribution in [2.75, 3.05) is 6.61 Å². The zero-order chi connectivity index (χ0) is 11.1. The van der Waals surface area contributed by atoms with Crippen molar-refractivity contribution >= 4 is 0 Å². The van der Waals surface area contributed by atoms with Gasteiger partial charge in [0, 0.05) is 0 Å². The monoisotopic (exact) mass is 205 g/mol. The van der Waals surface area contributed by atoms with Gasteiger partial charge in [-0.05, 0) is 29.4 Å². The van der Waals surface area contributed by atoms with E-state index in [0.29, 0.717) is 0 Å². The molecule has 1 aliphatic carbocycles. The van der Waals surface area contributed by atoms with Gasteiger partial charge >= 0.3 is 0 Å². The fraction of sp³-hybridized carbons (Fsp3) is 0.538. The van der Waals surface area contributed by atoms with E-state index < -0.39 is 5.54 Å². The molecule has 2 heteroatoms. The molecular weight excluding hydrogens is 186 g/mol. The van der Waals surface area contributed by atoms with Gasteiger partial charge in [0.1, 0.15) is 0 Å². The van der Waals surface area contributed by atoms with Crippen molar-refractivity contribution in [2.45, 2.75) is 37.6 Å².